The lowest BCUT2D eigenvalue weighted by Crippen LogP contribution is -2.11. The minimum atomic E-state index is -0.396. The number of anilines is 1. The van der Waals surface area contributed by atoms with Gasteiger partial charge in [-0.3, -0.25) is 9.59 Å². The van der Waals surface area contributed by atoms with Gasteiger partial charge in [-0.05, 0) is 49.4 Å². The minimum Gasteiger partial charge on any atom is -0.456 e. The number of halogens is 1. The number of aryl methyl sites for hydroxylation is 1. The van der Waals surface area contributed by atoms with Crippen molar-refractivity contribution in [2.75, 3.05) is 5.32 Å². The first-order chi connectivity index (χ1) is 15.0. The molecule has 6 heteroatoms. The molecule has 5 nitrogen and oxygen atoms in total. The Bertz CT molecular complexity index is 1510. The lowest BCUT2D eigenvalue weighted by atomic mass is 10.1. The van der Waals surface area contributed by atoms with Gasteiger partial charge in [0.1, 0.15) is 16.9 Å². The fourth-order valence-electron chi connectivity index (χ4n) is 3.41. The van der Waals surface area contributed by atoms with Crippen LogP contribution < -0.4 is 10.7 Å². The molecule has 1 N–H and O–H groups in total. The molecule has 2 heterocycles. The summed E-state index contributed by atoms with van der Waals surface area (Å²) < 4.78 is 12.5. The fourth-order valence-corrected chi connectivity index (χ4v) is 3.79. The largest absolute Gasteiger partial charge is 0.456 e. The molecule has 0 aliphatic rings. The van der Waals surface area contributed by atoms with Crippen LogP contribution in [0, 0.1) is 6.92 Å². The van der Waals surface area contributed by atoms with Crippen molar-refractivity contribution in [3.8, 4) is 11.3 Å². The second-order valence-electron chi connectivity index (χ2n) is 7.30. The van der Waals surface area contributed by atoms with Crippen LogP contribution in [0.4, 0.5) is 5.69 Å². The lowest BCUT2D eigenvalue weighted by molar-refractivity contribution is 0.0998. The molecule has 152 valence electrons. The number of hydrogen-bond donors (Lipinski definition) is 1. The Morgan fingerprint density at radius 1 is 0.871 bits per heavy atom. The number of rotatable bonds is 3. The van der Waals surface area contributed by atoms with E-state index in [0.717, 1.165) is 21.0 Å². The summed E-state index contributed by atoms with van der Waals surface area (Å²) in [7, 11) is 0. The van der Waals surface area contributed by atoms with Crippen molar-refractivity contribution in [3.63, 3.8) is 0 Å². The number of hydrogen-bond acceptors (Lipinski definition) is 4. The van der Waals surface area contributed by atoms with Crippen LogP contribution in [0.1, 0.15) is 16.1 Å². The molecule has 0 bridgehead atoms. The van der Waals surface area contributed by atoms with Crippen molar-refractivity contribution in [2.24, 2.45) is 0 Å². The smallest absolute Gasteiger partial charge is 0.291 e. The van der Waals surface area contributed by atoms with E-state index in [-0.39, 0.29) is 11.2 Å². The van der Waals surface area contributed by atoms with Crippen molar-refractivity contribution in [2.45, 2.75) is 6.92 Å². The molecule has 0 aliphatic heterocycles. The first-order valence-corrected chi connectivity index (χ1v) is 10.4. The van der Waals surface area contributed by atoms with E-state index >= 15 is 0 Å². The third-order valence-electron chi connectivity index (χ3n) is 5.02. The summed E-state index contributed by atoms with van der Waals surface area (Å²) in [5.41, 5.74) is 3.34. The van der Waals surface area contributed by atoms with Gasteiger partial charge in [0.15, 0.2) is 11.2 Å². The number of fused-ring (bicyclic) bond motifs is 2. The van der Waals surface area contributed by atoms with E-state index in [2.05, 4.69) is 21.2 Å². The van der Waals surface area contributed by atoms with Crippen LogP contribution in [0.3, 0.4) is 0 Å². The quantitative estimate of drug-likeness (QED) is 0.323. The highest BCUT2D eigenvalue weighted by Crippen LogP contribution is 2.26. The van der Waals surface area contributed by atoms with Crippen LogP contribution in [0.5, 0.6) is 0 Å². The third kappa shape index (κ3) is 3.78. The molecule has 0 saturated carbocycles. The van der Waals surface area contributed by atoms with Gasteiger partial charge in [-0.15, -0.1) is 0 Å². The van der Waals surface area contributed by atoms with Gasteiger partial charge in [-0.1, -0.05) is 45.8 Å². The topological polar surface area (TPSA) is 72.5 Å². The molecule has 5 aromatic rings. The van der Waals surface area contributed by atoms with E-state index < -0.39 is 5.91 Å². The Morgan fingerprint density at radius 3 is 2.45 bits per heavy atom. The predicted molar refractivity (Wildman–Crippen MR) is 125 cm³/mol. The van der Waals surface area contributed by atoms with Crippen molar-refractivity contribution >= 4 is 49.5 Å². The van der Waals surface area contributed by atoms with E-state index in [1.807, 2.05) is 43.3 Å². The normalized spacial score (nSPS) is 11.2. The van der Waals surface area contributed by atoms with Crippen LogP contribution in [-0.2, 0) is 0 Å². The molecule has 0 spiro atoms. The first kappa shape index (κ1) is 19.3. The molecule has 5 rings (SSSR count). The summed E-state index contributed by atoms with van der Waals surface area (Å²) in [6, 6.07) is 21.4. The van der Waals surface area contributed by atoms with E-state index in [0.29, 0.717) is 28.0 Å². The molecule has 0 atom stereocenters. The summed E-state index contributed by atoms with van der Waals surface area (Å²) >= 11 is 3.40. The number of furan rings is 1. The van der Waals surface area contributed by atoms with Gasteiger partial charge in [0.05, 0.1) is 5.39 Å². The summed E-state index contributed by atoms with van der Waals surface area (Å²) in [5, 5.41) is 3.99. The maximum Gasteiger partial charge on any atom is 0.291 e. The Balaban J connectivity index is 1.45. The number of amides is 1. The van der Waals surface area contributed by atoms with Crippen LogP contribution in [0.2, 0.25) is 0 Å². The zero-order chi connectivity index (χ0) is 21.5. The highest BCUT2D eigenvalue weighted by atomic mass is 79.9. The van der Waals surface area contributed by atoms with Crippen molar-refractivity contribution in [1.29, 1.82) is 0 Å². The fraction of sp³-hybridized carbons (Fsp3) is 0.0400. The monoisotopic (exact) mass is 473 g/mol. The van der Waals surface area contributed by atoms with Crippen LogP contribution in [-0.4, -0.2) is 5.91 Å². The summed E-state index contributed by atoms with van der Waals surface area (Å²) in [4.78, 5) is 25.3. The number of benzene rings is 3. The van der Waals surface area contributed by atoms with Crippen LogP contribution in [0.25, 0.3) is 33.3 Å². The van der Waals surface area contributed by atoms with Crippen LogP contribution >= 0.6 is 15.9 Å². The van der Waals surface area contributed by atoms with Gasteiger partial charge in [0.25, 0.3) is 5.91 Å². The van der Waals surface area contributed by atoms with Crippen LogP contribution in [0.15, 0.2) is 90.9 Å². The van der Waals surface area contributed by atoms with Gasteiger partial charge >= 0.3 is 0 Å². The molecule has 1 amide bonds. The summed E-state index contributed by atoms with van der Waals surface area (Å²) in [6.07, 6.45) is 0. The molecule has 2 aromatic heterocycles. The highest BCUT2D eigenvalue weighted by molar-refractivity contribution is 9.10. The summed E-state index contributed by atoms with van der Waals surface area (Å²) in [6.45, 7) is 2.00. The van der Waals surface area contributed by atoms with Crippen molar-refractivity contribution in [1.82, 2.24) is 0 Å². The van der Waals surface area contributed by atoms with E-state index in [1.54, 1.807) is 30.3 Å². The molecule has 3 aromatic carbocycles. The molecular formula is C25H16BrNO4. The van der Waals surface area contributed by atoms with Gasteiger partial charge in [0.2, 0.25) is 0 Å². The second-order valence-corrected chi connectivity index (χ2v) is 8.21. The second kappa shape index (κ2) is 7.56. The molecule has 0 saturated heterocycles. The molecule has 0 aliphatic carbocycles. The maximum absolute atomic E-state index is 12.7. The maximum atomic E-state index is 12.7. The van der Waals surface area contributed by atoms with Gasteiger partial charge in [-0.25, -0.2) is 0 Å². The Morgan fingerprint density at radius 2 is 1.65 bits per heavy atom. The minimum absolute atomic E-state index is 0.179. The highest BCUT2D eigenvalue weighted by Gasteiger charge is 2.14. The lowest BCUT2D eigenvalue weighted by Gasteiger charge is -2.07. The van der Waals surface area contributed by atoms with Gasteiger partial charge in [0, 0.05) is 27.2 Å². The van der Waals surface area contributed by atoms with Crippen molar-refractivity contribution < 1.29 is 13.6 Å². The Labute approximate surface area is 185 Å². The number of carbonyl (C=O) groups excluding carboxylic acids is 1. The average Bonchev–Trinajstić information content (AvgIpc) is 3.18. The number of carbonyl (C=O) groups is 1. The SMILES string of the molecule is Cc1ccc(-c2cc(=O)c3cc(NC(=O)c4cc5cc(Br)ccc5o4)ccc3o2)cc1. The third-order valence-corrected chi connectivity index (χ3v) is 5.52. The first-order valence-electron chi connectivity index (χ1n) is 9.62. The van der Waals surface area contributed by atoms with Gasteiger partial charge in [-0.2, -0.15) is 0 Å². The van der Waals surface area contributed by atoms with E-state index in [4.69, 9.17) is 8.83 Å². The Hall–Kier alpha value is -3.64. The Kier molecular flexibility index (Phi) is 4.71. The molecule has 0 fully saturated rings. The van der Waals surface area contributed by atoms with E-state index in [9.17, 15) is 9.59 Å². The molecule has 31 heavy (non-hydrogen) atoms. The molecule has 0 radical (unpaired) electrons. The number of nitrogens with one attached hydrogen (secondary N) is 1. The van der Waals surface area contributed by atoms with Gasteiger partial charge < -0.3 is 14.2 Å². The van der Waals surface area contributed by atoms with Crippen molar-refractivity contribution in [3.05, 3.63) is 98.8 Å². The molecular weight excluding hydrogens is 458 g/mol. The average molecular weight is 474 g/mol. The van der Waals surface area contributed by atoms with E-state index in [1.165, 1.54) is 6.07 Å². The predicted octanol–water partition coefficient (Wildman–Crippen LogP) is 6.53. The standard InChI is InChI=1S/C25H16BrNO4/c1-14-2-4-15(5-3-14)23-13-20(28)19-12-18(7-9-22(19)31-23)27-25(29)24-11-16-10-17(26)6-8-21(16)30-24/h2-13H,1H3,(H,27,29). The zero-order valence-corrected chi connectivity index (χ0v) is 18.0. The molecule has 0 unspecified atom stereocenters. The zero-order valence-electron chi connectivity index (χ0n) is 16.4. The summed E-state index contributed by atoms with van der Waals surface area (Å²) in [5.74, 6) is 0.296.